The Morgan fingerprint density at radius 1 is 1.10 bits per heavy atom. The first-order valence-electron chi connectivity index (χ1n) is 7.32. The number of ketones is 1. The fourth-order valence-corrected chi connectivity index (χ4v) is 2.88. The Balaban J connectivity index is 2.61. The third-order valence-electron chi connectivity index (χ3n) is 3.69. The van der Waals surface area contributed by atoms with Gasteiger partial charge in [-0.1, -0.05) is 45.1 Å². The van der Waals surface area contributed by atoms with Crippen molar-refractivity contribution in [3.8, 4) is 0 Å². The zero-order valence-corrected chi connectivity index (χ0v) is 12.8. The molecule has 0 heterocycles. The van der Waals surface area contributed by atoms with Crippen LogP contribution in [0.5, 0.6) is 0 Å². The quantitative estimate of drug-likeness (QED) is 0.617. The number of rotatable bonds is 3. The number of phosphoric ester groups is 1. The van der Waals surface area contributed by atoms with E-state index in [1.165, 1.54) is 12.8 Å². The van der Waals surface area contributed by atoms with Crippen molar-refractivity contribution in [2.24, 2.45) is 5.92 Å². The third kappa shape index (κ3) is 7.34. The maximum absolute atomic E-state index is 12.2. The summed E-state index contributed by atoms with van der Waals surface area (Å²) < 4.78 is 15.3. The van der Waals surface area contributed by atoms with Crippen LogP contribution in [-0.2, 0) is 13.9 Å². The van der Waals surface area contributed by atoms with E-state index in [-0.39, 0.29) is 12.4 Å². The van der Waals surface area contributed by atoms with E-state index in [0.717, 1.165) is 32.1 Å². The van der Waals surface area contributed by atoms with Gasteiger partial charge in [-0.3, -0.25) is 9.32 Å². The first kappa shape index (κ1) is 17.6. The minimum atomic E-state index is -4.52. The van der Waals surface area contributed by atoms with Crippen LogP contribution in [0, 0.1) is 5.92 Å². The summed E-state index contributed by atoms with van der Waals surface area (Å²) in [5, 5.41) is 0. The number of phosphoric acid groups is 1. The van der Waals surface area contributed by atoms with Crippen molar-refractivity contribution in [3.05, 3.63) is 12.2 Å². The summed E-state index contributed by atoms with van der Waals surface area (Å²) in [5.74, 6) is -0.575. The van der Waals surface area contributed by atoms with Crippen molar-refractivity contribution in [2.45, 2.75) is 57.8 Å². The Bertz CT molecular complexity index is 374. The molecule has 1 atom stereocenters. The summed E-state index contributed by atoms with van der Waals surface area (Å²) in [6.45, 7) is 3.60. The molecule has 0 radical (unpaired) electrons. The summed E-state index contributed by atoms with van der Waals surface area (Å²) >= 11 is 0. The topological polar surface area (TPSA) is 83.8 Å². The normalized spacial score (nSPS) is 24.0. The SMILES string of the molecule is C=C1CCCCCCCCCC(COP(=O)(O)O)C1=O. The molecule has 0 amide bonds. The van der Waals surface area contributed by atoms with E-state index in [1.54, 1.807) is 0 Å². The first-order valence-corrected chi connectivity index (χ1v) is 8.85. The highest BCUT2D eigenvalue weighted by molar-refractivity contribution is 7.46. The molecule has 0 aromatic carbocycles. The molecule has 0 aromatic heterocycles. The van der Waals surface area contributed by atoms with Gasteiger partial charge in [-0.25, -0.2) is 4.57 Å². The van der Waals surface area contributed by atoms with Gasteiger partial charge in [0, 0.05) is 5.92 Å². The highest BCUT2D eigenvalue weighted by Crippen LogP contribution is 2.37. The second-order valence-corrected chi connectivity index (χ2v) is 6.70. The van der Waals surface area contributed by atoms with Gasteiger partial charge in [0.1, 0.15) is 0 Å². The van der Waals surface area contributed by atoms with Crippen LogP contribution in [-0.4, -0.2) is 22.2 Å². The molecule has 1 fully saturated rings. The Hall–Kier alpha value is -0.480. The summed E-state index contributed by atoms with van der Waals surface area (Å²) in [4.78, 5) is 29.8. The van der Waals surface area contributed by atoms with Crippen LogP contribution in [0.2, 0.25) is 0 Å². The Morgan fingerprint density at radius 3 is 2.25 bits per heavy atom. The van der Waals surface area contributed by atoms with E-state index in [0.29, 0.717) is 18.4 Å². The molecule has 0 aromatic rings. The van der Waals surface area contributed by atoms with Crippen molar-refractivity contribution in [3.63, 3.8) is 0 Å². The van der Waals surface area contributed by atoms with Crippen molar-refractivity contribution in [1.82, 2.24) is 0 Å². The molecule has 2 N–H and O–H groups in total. The van der Waals surface area contributed by atoms with Crippen LogP contribution in [0.4, 0.5) is 0 Å². The molecule has 5 nitrogen and oxygen atoms in total. The summed E-state index contributed by atoms with van der Waals surface area (Å²) in [5.41, 5.74) is 0.560. The van der Waals surface area contributed by atoms with E-state index in [1.807, 2.05) is 0 Å². The molecule has 0 saturated heterocycles. The molecular formula is C14H25O5P. The standard InChI is InChI=1S/C14H25O5P/c1-12-9-7-5-3-2-4-6-8-10-13(14(12)15)11-19-20(16,17)18/h13H,1-11H2,(H2,16,17,18). The highest BCUT2D eigenvalue weighted by atomic mass is 31.2. The minimum Gasteiger partial charge on any atom is -0.303 e. The molecular weight excluding hydrogens is 279 g/mol. The smallest absolute Gasteiger partial charge is 0.303 e. The average molecular weight is 304 g/mol. The lowest BCUT2D eigenvalue weighted by Crippen LogP contribution is -2.21. The van der Waals surface area contributed by atoms with Crippen LogP contribution in [0.1, 0.15) is 57.8 Å². The summed E-state index contributed by atoms with van der Waals surface area (Å²) in [6.07, 6.45) is 8.84. The van der Waals surface area contributed by atoms with Crippen molar-refractivity contribution >= 4 is 13.6 Å². The number of allylic oxidation sites excluding steroid dienone is 1. The zero-order valence-electron chi connectivity index (χ0n) is 11.9. The Labute approximate surface area is 120 Å². The van der Waals surface area contributed by atoms with E-state index < -0.39 is 13.7 Å². The van der Waals surface area contributed by atoms with E-state index in [9.17, 15) is 9.36 Å². The average Bonchev–Trinajstić information content (AvgIpc) is 2.36. The van der Waals surface area contributed by atoms with Gasteiger partial charge < -0.3 is 9.79 Å². The molecule has 1 unspecified atom stereocenters. The molecule has 6 heteroatoms. The van der Waals surface area contributed by atoms with Crippen LogP contribution >= 0.6 is 7.82 Å². The van der Waals surface area contributed by atoms with Crippen LogP contribution in [0.25, 0.3) is 0 Å². The maximum Gasteiger partial charge on any atom is 0.469 e. The fraction of sp³-hybridized carbons (Fsp3) is 0.786. The van der Waals surface area contributed by atoms with Gasteiger partial charge in [-0.05, 0) is 24.8 Å². The molecule has 0 bridgehead atoms. The molecule has 1 saturated carbocycles. The van der Waals surface area contributed by atoms with Gasteiger partial charge in [0.05, 0.1) is 6.61 Å². The number of carbonyl (C=O) groups is 1. The first-order chi connectivity index (χ1) is 9.40. The molecule has 116 valence electrons. The lowest BCUT2D eigenvalue weighted by molar-refractivity contribution is -0.120. The van der Waals surface area contributed by atoms with Crippen LogP contribution in [0.15, 0.2) is 12.2 Å². The second kappa shape index (κ2) is 8.73. The number of hydrogen-bond acceptors (Lipinski definition) is 3. The lowest BCUT2D eigenvalue weighted by Gasteiger charge is -2.18. The second-order valence-electron chi connectivity index (χ2n) is 5.46. The molecule has 1 aliphatic carbocycles. The zero-order chi connectivity index (χ0) is 15.0. The van der Waals surface area contributed by atoms with Crippen molar-refractivity contribution in [1.29, 1.82) is 0 Å². The minimum absolute atomic E-state index is 0.0981. The maximum atomic E-state index is 12.2. The lowest BCUT2D eigenvalue weighted by atomic mass is 9.90. The number of carbonyl (C=O) groups excluding carboxylic acids is 1. The molecule has 0 aliphatic heterocycles. The van der Waals surface area contributed by atoms with Gasteiger partial charge in [-0.15, -0.1) is 0 Å². The highest BCUT2D eigenvalue weighted by Gasteiger charge is 2.25. The van der Waals surface area contributed by atoms with E-state index in [2.05, 4.69) is 11.1 Å². The Morgan fingerprint density at radius 2 is 1.65 bits per heavy atom. The van der Waals surface area contributed by atoms with Gasteiger partial charge in [0.15, 0.2) is 5.78 Å². The molecule has 1 rings (SSSR count). The van der Waals surface area contributed by atoms with Gasteiger partial charge in [-0.2, -0.15) is 0 Å². The number of Topliss-reactive ketones (excluding diaryl/α,β-unsaturated/α-hetero) is 1. The molecule has 1 aliphatic rings. The Kier molecular flexibility index (Phi) is 7.67. The van der Waals surface area contributed by atoms with Gasteiger partial charge in [0.25, 0.3) is 0 Å². The largest absolute Gasteiger partial charge is 0.469 e. The third-order valence-corrected chi connectivity index (χ3v) is 4.18. The molecule has 20 heavy (non-hydrogen) atoms. The summed E-state index contributed by atoms with van der Waals surface area (Å²) in [7, 11) is -4.52. The monoisotopic (exact) mass is 304 g/mol. The molecule has 0 spiro atoms. The summed E-state index contributed by atoms with van der Waals surface area (Å²) in [6, 6.07) is 0. The fourth-order valence-electron chi connectivity index (χ4n) is 2.50. The predicted molar refractivity (Wildman–Crippen MR) is 77.2 cm³/mol. The number of hydrogen-bond donors (Lipinski definition) is 2. The van der Waals surface area contributed by atoms with Crippen molar-refractivity contribution in [2.75, 3.05) is 6.61 Å². The van der Waals surface area contributed by atoms with Gasteiger partial charge in [0.2, 0.25) is 0 Å². The van der Waals surface area contributed by atoms with E-state index >= 15 is 0 Å². The van der Waals surface area contributed by atoms with Crippen molar-refractivity contribution < 1.29 is 23.7 Å². The van der Waals surface area contributed by atoms with Crippen LogP contribution < -0.4 is 0 Å². The van der Waals surface area contributed by atoms with Crippen LogP contribution in [0.3, 0.4) is 0 Å². The van der Waals surface area contributed by atoms with Gasteiger partial charge >= 0.3 is 7.82 Å². The van der Waals surface area contributed by atoms with E-state index in [4.69, 9.17) is 9.79 Å². The predicted octanol–water partition coefficient (Wildman–Crippen LogP) is 3.36.